The monoisotopic (exact) mass is 471 g/mol. The summed E-state index contributed by atoms with van der Waals surface area (Å²) in [6.45, 7) is 5.28. The van der Waals surface area contributed by atoms with Gasteiger partial charge in [-0.2, -0.15) is 5.10 Å². The molecule has 0 saturated carbocycles. The van der Waals surface area contributed by atoms with Crippen LogP contribution in [0.5, 0.6) is 17.2 Å². The quantitative estimate of drug-likeness (QED) is 0.303. The van der Waals surface area contributed by atoms with Crippen LogP contribution in [0.25, 0.3) is 0 Å². The summed E-state index contributed by atoms with van der Waals surface area (Å²) >= 11 is 0. The zero-order valence-electron chi connectivity index (χ0n) is 19.9. The molecule has 7 nitrogen and oxygen atoms in total. The van der Waals surface area contributed by atoms with Crippen molar-refractivity contribution in [2.24, 2.45) is 0 Å². The van der Waals surface area contributed by atoms with Gasteiger partial charge in [0.15, 0.2) is 6.73 Å². The van der Waals surface area contributed by atoms with Gasteiger partial charge in [-0.1, -0.05) is 31.2 Å². The van der Waals surface area contributed by atoms with Gasteiger partial charge in [-0.15, -0.1) is 0 Å². The molecule has 0 aliphatic rings. The van der Waals surface area contributed by atoms with E-state index in [9.17, 15) is 4.79 Å². The van der Waals surface area contributed by atoms with E-state index < -0.39 is 0 Å². The minimum Gasteiger partial charge on any atom is -0.494 e. The molecule has 0 aliphatic carbocycles. The molecule has 3 aromatic carbocycles. The first-order chi connectivity index (χ1) is 17.1. The van der Waals surface area contributed by atoms with E-state index in [4.69, 9.17) is 14.2 Å². The van der Waals surface area contributed by atoms with Gasteiger partial charge in [0, 0.05) is 5.56 Å². The maximum atomic E-state index is 12.8. The molecule has 180 valence electrons. The first-order valence-corrected chi connectivity index (χ1v) is 11.6. The van der Waals surface area contributed by atoms with Gasteiger partial charge < -0.3 is 19.5 Å². The number of hydrogen-bond acceptors (Lipinski definition) is 5. The molecular weight excluding hydrogens is 442 g/mol. The fourth-order valence-electron chi connectivity index (χ4n) is 3.43. The summed E-state index contributed by atoms with van der Waals surface area (Å²) in [5.74, 6) is 2.09. The average molecular weight is 472 g/mol. The van der Waals surface area contributed by atoms with Crippen LogP contribution in [-0.2, 0) is 19.8 Å². The van der Waals surface area contributed by atoms with E-state index in [1.807, 2.05) is 73.7 Å². The number of carbonyl (C=O) groups excluding carboxylic acids is 1. The molecule has 7 heteroatoms. The predicted octanol–water partition coefficient (Wildman–Crippen LogP) is 5.71. The van der Waals surface area contributed by atoms with Gasteiger partial charge in [0.1, 0.15) is 23.9 Å². The number of benzene rings is 3. The molecule has 0 atom stereocenters. The highest BCUT2D eigenvalue weighted by Gasteiger charge is 2.09. The fraction of sp³-hybridized carbons (Fsp3) is 0.214. The van der Waals surface area contributed by atoms with Gasteiger partial charge in [0.25, 0.3) is 5.91 Å². The van der Waals surface area contributed by atoms with Crippen molar-refractivity contribution >= 4 is 11.6 Å². The molecule has 0 radical (unpaired) electrons. The summed E-state index contributed by atoms with van der Waals surface area (Å²) in [6.07, 6.45) is 4.32. The Morgan fingerprint density at radius 1 is 0.857 bits per heavy atom. The Morgan fingerprint density at radius 3 is 2.26 bits per heavy atom. The summed E-state index contributed by atoms with van der Waals surface area (Å²) < 4.78 is 18.7. The van der Waals surface area contributed by atoms with Crippen LogP contribution in [-0.4, -0.2) is 22.3 Å². The van der Waals surface area contributed by atoms with Crippen LogP contribution in [0, 0.1) is 0 Å². The van der Waals surface area contributed by atoms with E-state index in [0.717, 1.165) is 29.2 Å². The predicted molar refractivity (Wildman–Crippen MR) is 135 cm³/mol. The second-order valence-corrected chi connectivity index (χ2v) is 7.89. The van der Waals surface area contributed by atoms with Crippen molar-refractivity contribution in [3.63, 3.8) is 0 Å². The van der Waals surface area contributed by atoms with Crippen LogP contribution in [0.3, 0.4) is 0 Å². The molecule has 4 rings (SSSR count). The maximum absolute atomic E-state index is 12.8. The number of rotatable bonds is 11. The van der Waals surface area contributed by atoms with Crippen molar-refractivity contribution in [1.29, 1.82) is 0 Å². The summed E-state index contributed by atoms with van der Waals surface area (Å²) in [5, 5.41) is 7.14. The van der Waals surface area contributed by atoms with Crippen molar-refractivity contribution in [3.05, 3.63) is 102 Å². The largest absolute Gasteiger partial charge is 0.494 e. The normalized spacial score (nSPS) is 10.6. The number of ether oxygens (including phenoxy) is 3. The molecule has 35 heavy (non-hydrogen) atoms. The van der Waals surface area contributed by atoms with Crippen molar-refractivity contribution in [3.8, 4) is 17.2 Å². The van der Waals surface area contributed by atoms with E-state index >= 15 is 0 Å². The van der Waals surface area contributed by atoms with E-state index in [0.29, 0.717) is 24.5 Å². The van der Waals surface area contributed by atoms with Crippen molar-refractivity contribution in [2.75, 3.05) is 11.9 Å². The van der Waals surface area contributed by atoms with Crippen molar-refractivity contribution < 1.29 is 19.0 Å². The Kier molecular flexibility index (Phi) is 8.01. The number of aromatic nitrogens is 2. The van der Waals surface area contributed by atoms with E-state index in [1.165, 1.54) is 5.56 Å². The SMILES string of the molecule is CCOc1ccc(OCc2cccc(C(=O)Nc3cnn(COc4ccc(CC)cc4)c3)c2)cc1. The number of carbonyl (C=O) groups is 1. The summed E-state index contributed by atoms with van der Waals surface area (Å²) in [6, 6.07) is 22.8. The van der Waals surface area contributed by atoms with Crippen LogP contribution in [0.4, 0.5) is 5.69 Å². The number of anilines is 1. The topological polar surface area (TPSA) is 74.6 Å². The van der Waals surface area contributed by atoms with Crippen LogP contribution < -0.4 is 19.5 Å². The van der Waals surface area contributed by atoms with Gasteiger partial charge in [-0.3, -0.25) is 4.79 Å². The lowest BCUT2D eigenvalue weighted by atomic mass is 10.1. The Hall–Kier alpha value is -4.26. The first-order valence-electron chi connectivity index (χ1n) is 11.6. The van der Waals surface area contributed by atoms with E-state index in [-0.39, 0.29) is 12.6 Å². The molecule has 0 saturated heterocycles. The number of hydrogen-bond donors (Lipinski definition) is 1. The molecule has 1 aromatic heterocycles. The lowest BCUT2D eigenvalue weighted by Gasteiger charge is -2.09. The highest BCUT2D eigenvalue weighted by atomic mass is 16.5. The molecule has 1 N–H and O–H groups in total. The number of nitrogens with one attached hydrogen (secondary N) is 1. The Bertz CT molecular complexity index is 1230. The molecule has 4 aromatic rings. The molecule has 0 fully saturated rings. The third kappa shape index (κ3) is 6.86. The van der Waals surface area contributed by atoms with Crippen LogP contribution >= 0.6 is 0 Å². The van der Waals surface area contributed by atoms with Crippen LogP contribution in [0.2, 0.25) is 0 Å². The first kappa shape index (κ1) is 23.9. The molecule has 0 bridgehead atoms. The number of aryl methyl sites for hydroxylation is 1. The third-order valence-electron chi connectivity index (χ3n) is 5.32. The van der Waals surface area contributed by atoms with E-state index in [1.54, 1.807) is 23.1 Å². The van der Waals surface area contributed by atoms with Crippen LogP contribution in [0.15, 0.2) is 85.2 Å². The summed E-state index contributed by atoms with van der Waals surface area (Å²) in [5.41, 5.74) is 3.28. The maximum Gasteiger partial charge on any atom is 0.255 e. The third-order valence-corrected chi connectivity index (χ3v) is 5.32. The van der Waals surface area contributed by atoms with Gasteiger partial charge in [-0.25, -0.2) is 4.68 Å². The van der Waals surface area contributed by atoms with Gasteiger partial charge in [-0.05, 0) is 73.0 Å². The minimum atomic E-state index is -0.219. The second kappa shape index (κ2) is 11.7. The van der Waals surface area contributed by atoms with E-state index in [2.05, 4.69) is 17.3 Å². The lowest BCUT2D eigenvalue weighted by Crippen LogP contribution is -2.12. The standard InChI is InChI=1S/C28H29N3O4/c1-3-21-8-10-27(11-9-21)35-20-31-18-24(17-29-31)30-28(32)23-7-5-6-22(16-23)19-34-26-14-12-25(13-15-26)33-4-2/h5-18H,3-4,19-20H2,1-2H3,(H,30,32). The molecule has 0 unspecified atom stereocenters. The summed E-state index contributed by atoms with van der Waals surface area (Å²) in [7, 11) is 0. The smallest absolute Gasteiger partial charge is 0.255 e. The fourth-order valence-corrected chi connectivity index (χ4v) is 3.43. The summed E-state index contributed by atoms with van der Waals surface area (Å²) in [4.78, 5) is 12.8. The Balaban J connectivity index is 1.29. The number of amides is 1. The highest BCUT2D eigenvalue weighted by Crippen LogP contribution is 2.19. The molecule has 1 amide bonds. The van der Waals surface area contributed by atoms with Crippen LogP contribution in [0.1, 0.15) is 35.3 Å². The van der Waals surface area contributed by atoms with Gasteiger partial charge in [0.05, 0.1) is 24.7 Å². The van der Waals surface area contributed by atoms with Gasteiger partial charge >= 0.3 is 0 Å². The lowest BCUT2D eigenvalue weighted by molar-refractivity contribution is 0.102. The van der Waals surface area contributed by atoms with Crippen molar-refractivity contribution in [1.82, 2.24) is 9.78 Å². The van der Waals surface area contributed by atoms with Crippen molar-refractivity contribution in [2.45, 2.75) is 33.6 Å². The average Bonchev–Trinajstić information content (AvgIpc) is 3.35. The Labute approximate surface area is 205 Å². The minimum absolute atomic E-state index is 0.219. The Morgan fingerprint density at radius 2 is 1.54 bits per heavy atom. The highest BCUT2D eigenvalue weighted by molar-refractivity contribution is 6.04. The van der Waals surface area contributed by atoms with Gasteiger partial charge in [0.2, 0.25) is 0 Å². The molecule has 0 aliphatic heterocycles. The molecule has 1 heterocycles. The number of nitrogens with zero attached hydrogens (tertiary/aromatic N) is 2. The zero-order valence-corrected chi connectivity index (χ0v) is 19.9. The molecular formula is C28H29N3O4. The molecule has 0 spiro atoms. The zero-order chi connectivity index (χ0) is 24.5. The second-order valence-electron chi connectivity index (χ2n) is 7.89.